The number of pyridine rings is 1. The van der Waals surface area contributed by atoms with Crippen LogP contribution >= 0.6 is 11.6 Å². The quantitative estimate of drug-likeness (QED) is 0.308. The molecule has 11 heteroatoms. The highest BCUT2D eigenvalue weighted by atomic mass is 35.5. The number of nitrogen functional groups attached to an aromatic ring is 1. The van der Waals surface area contributed by atoms with Gasteiger partial charge in [0.05, 0.1) is 33.9 Å². The van der Waals surface area contributed by atoms with E-state index in [9.17, 15) is 9.59 Å². The molecule has 2 amide bonds. The summed E-state index contributed by atoms with van der Waals surface area (Å²) in [5.74, 6) is -0.281. The van der Waals surface area contributed by atoms with E-state index in [-0.39, 0.29) is 22.1 Å². The van der Waals surface area contributed by atoms with Crippen molar-refractivity contribution in [1.82, 2.24) is 24.5 Å². The second kappa shape index (κ2) is 9.96. The Bertz CT molecular complexity index is 1610. The summed E-state index contributed by atoms with van der Waals surface area (Å²) in [6.07, 6.45) is 3.19. The molecule has 4 N–H and O–H groups in total. The van der Waals surface area contributed by atoms with Gasteiger partial charge in [0.25, 0.3) is 11.8 Å². The smallest absolute Gasteiger partial charge is 0.276 e. The third-order valence-electron chi connectivity index (χ3n) is 5.42. The maximum atomic E-state index is 13.3. The van der Waals surface area contributed by atoms with Gasteiger partial charge in [0.15, 0.2) is 5.69 Å². The summed E-state index contributed by atoms with van der Waals surface area (Å²) in [5, 5.41) is 14.3. The van der Waals surface area contributed by atoms with Crippen molar-refractivity contribution in [2.45, 2.75) is 0 Å². The van der Waals surface area contributed by atoms with E-state index in [0.29, 0.717) is 28.5 Å². The summed E-state index contributed by atoms with van der Waals surface area (Å²) in [6.45, 7) is 0. The number of carbonyl (C=O) groups excluding carboxylic acids is 2. The third-order valence-corrected chi connectivity index (χ3v) is 5.75. The first kappa shape index (κ1) is 23.8. The highest BCUT2D eigenvalue weighted by Crippen LogP contribution is 2.26. The van der Waals surface area contributed by atoms with Crippen LogP contribution in [0.25, 0.3) is 16.9 Å². The molecule has 0 spiro atoms. The van der Waals surface area contributed by atoms with E-state index in [1.165, 1.54) is 16.9 Å². The Hall–Kier alpha value is -4.96. The molecule has 0 aliphatic heterocycles. The molecule has 3 aromatic heterocycles. The number of hydrogen-bond donors (Lipinski definition) is 3. The lowest BCUT2D eigenvalue weighted by atomic mass is 10.1. The zero-order valence-electron chi connectivity index (χ0n) is 19.6. The molecule has 0 atom stereocenters. The van der Waals surface area contributed by atoms with Gasteiger partial charge in [-0.15, -0.1) is 0 Å². The summed E-state index contributed by atoms with van der Waals surface area (Å²) in [6, 6.07) is 20.9. The number of aryl methyl sites for hydroxylation is 1. The minimum atomic E-state index is -0.480. The molecule has 0 unspecified atom stereocenters. The molecule has 0 saturated heterocycles. The number of nitrogens with one attached hydrogen (secondary N) is 2. The van der Waals surface area contributed by atoms with Gasteiger partial charge in [-0.25, -0.2) is 9.67 Å². The number of nitrogens with zero attached hydrogens (tertiary/aromatic N) is 5. The maximum Gasteiger partial charge on any atom is 0.276 e. The van der Waals surface area contributed by atoms with Crippen molar-refractivity contribution in [2.24, 2.45) is 7.05 Å². The summed E-state index contributed by atoms with van der Waals surface area (Å²) < 4.78 is 3.05. The van der Waals surface area contributed by atoms with Gasteiger partial charge in [-0.05, 0) is 36.4 Å². The zero-order valence-corrected chi connectivity index (χ0v) is 20.3. The lowest BCUT2D eigenvalue weighted by Crippen LogP contribution is -2.16. The van der Waals surface area contributed by atoms with Crippen molar-refractivity contribution >= 4 is 40.7 Å². The van der Waals surface area contributed by atoms with Crippen LogP contribution in [0.1, 0.15) is 20.8 Å². The van der Waals surface area contributed by atoms with Crippen molar-refractivity contribution in [1.29, 1.82) is 0 Å². The molecule has 0 bridgehead atoms. The Morgan fingerprint density at radius 3 is 2.49 bits per heavy atom. The van der Waals surface area contributed by atoms with Crippen LogP contribution in [0.5, 0.6) is 0 Å². The number of para-hydroxylation sites is 1. The molecule has 37 heavy (non-hydrogen) atoms. The number of carbonyl (C=O) groups is 2. The molecule has 0 aliphatic carbocycles. The van der Waals surface area contributed by atoms with Crippen LogP contribution in [0, 0.1) is 0 Å². The van der Waals surface area contributed by atoms with E-state index in [1.807, 2.05) is 30.3 Å². The first-order valence-corrected chi connectivity index (χ1v) is 11.5. The molecule has 3 heterocycles. The number of hydrogen-bond acceptors (Lipinski definition) is 6. The minimum absolute atomic E-state index is 0.104. The second-order valence-corrected chi connectivity index (χ2v) is 8.52. The fraction of sp³-hybridized carbons (Fsp3) is 0.0385. The number of nitrogens with two attached hydrogens (primary N) is 1. The summed E-state index contributed by atoms with van der Waals surface area (Å²) >= 11 is 6.38. The van der Waals surface area contributed by atoms with Crippen LogP contribution in [-0.2, 0) is 7.05 Å². The Balaban J connectivity index is 1.47. The number of aromatic nitrogens is 5. The summed E-state index contributed by atoms with van der Waals surface area (Å²) in [5.41, 5.74) is 8.60. The van der Waals surface area contributed by atoms with Gasteiger partial charge >= 0.3 is 0 Å². The van der Waals surface area contributed by atoms with Crippen LogP contribution in [0.15, 0.2) is 85.2 Å². The average molecular weight is 513 g/mol. The molecule has 2 aromatic carbocycles. The Morgan fingerprint density at radius 2 is 1.76 bits per heavy atom. The van der Waals surface area contributed by atoms with E-state index in [1.54, 1.807) is 54.3 Å². The fourth-order valence-corrected chi connectivity index (χ4v) is 3.89. The first-order chi connectivity index (χ1) is 17.9. The number of anilines is 3. The molecular weight excluding hydrogens is 492 g/mol. The predicted octanol–water partition coefficient (Wildman–Crippen LogP) is 4.41. The van der Waals surface area contributed by atoms with Gasteiger partial charge in [0.2, 0.25) is 0 Å². The van der Waals surface area contributed by atoms with E-state index < -0.39 is 11.8 Å². The maximum absolute atomic E-state index is 13.3. The van der Waals surface area contributed by atoms with Gasteiger partial charge in [0.1, 0.15) is 11.6 Å². The molecule has 0 radical (unpaired) electrons. The topological polar surface area (TPSA) is 133 Å². The number of benzene rings is 2. The molecular formula is C26H21ClN8O2. The number of rotatable bonds is 6. The normalized spacial score (nSPS) is 10.8. The van der Waals surface area contributed by atoms with Crippen molar-refractivity contribution in [3.8, 4) is 16.9 Å². The average Bonchev–Trinajstić information content (AvgIpc) is 3.50. The van der Waals surface area contributed by atoms with E-state index >= 15 is 0 Å². The lowest BCUT2D eigenvalue weighted by molar-refractivity contribution is 0.101. The molecule has 184 valence electrons. The number of halogens is 1. The Kier molecular flexibility index (Phi) is 6.40. The second-order valence-electron chi connectivity index (χ2n) is 8.12. The van der Waals surface area contributed by atoms with Crippen molar-refractivity contribution in [2.75, 3.05) is 16.4 Å². The molecule has 0 saturated carbocycles. The third kappa shape index (κ3) is 5.19. The van der Waals surface area contributed by atoms with Gasteiger partial charge in [-0.1, -0.05) is 41.9 Å². The molecule has 10 nitrogen and oxygen atoms in total. The van der Waals surface area contributed by atoms with Crippen LogP contribution in [0.3, 0.4) is 0 Å². The van der Waals surface area contributed by atoms with E-state index in [4.69, 9.17) is 17.3 Å². The van der Waals surface area contributed by atoms with Crippen LogP contribution < -0.4 is 16.4 Å². The van der Waals surface area contributed by atoms with E-state index in [0.717, 1.165) is 0 Å². The number of amides is 2. The standard InChI is InChI=1S/C26H21ClN8O2/c1-34-15-17(14-29-34)30-26(37)22-13-24(35(33-22)18-6-3-2-4-7-18)32-25(36)19-12-16(10-11-20(19)27)21-8-5-9-23(28)31-21/h2-15H,1H3,(H2,28,31)(H,30,37)(H,32,36). The minimum Gasteiger partial charge on any atom is -0.384 e. The van der Waals surface area contributed by atoms with Crippen LogP contribution in [0.4, 0.5) is 17.3 Å². The van der Waals surface area contributed by atoms with Gasteiger partial charge in [-0.3, -0.25) is 14.3 Å². The largest absolute Gasteiger partial charge is 0.384 e. The predicted molar refractivity (Wildman–Crippen MR) is 142 cm³/mol. The summed E-state index contributed by atoms with van der Waals surface area (Å²) in [7, 11) is 1.75. The Labute approximate surface area is 216 Å². The lowest BCUT2D eigenvalue weighted by Gasteiger charge is -2.11. The van der Waals surface area contributed by atoms with Crippen molar-refractivity contribution in [3.05, 3.63) is 101 Å². The van der Waals surface area contributed by atoms with Gasteiger partial charge in [-0.2, -0.15) is 10.2 Å². The van der Waals surface area contributed by atoms with Gasteiger partial charge < -0.3 is 16.4 Å². The molecule has 5 aromatic rings. The molecule has 5 rings (SSSR count). The highest BCUT2D eigenvalue weighted by Gasteiger charge is 2.20. The van der Waals surface area contributed by atoms with Crippen LogP contribution in [0.2, 0.25) is 5.02 Å². The van der Waals surface area contributed by atoms with Crippen LogP contribution in [-0.4, -0.2) is 36.4 Å². The van der Waals surface area contributed by atoms with E-state index in [2.05, 4.69) is 25.8 Å². The van der Waals surface area contributed by atoms with Gasteiger partial charge in [0, 0.05) is 24.9 Å². The first-order valence-electron chi connectivity index (χ1n) is 11.2. The highest BCUT2D eigenvalue weighted by molar-refractivity contribution is 6.34. The SMILES string of the molecule is Cn1cc(NC(=O)c2cc(NC(=O)c3cc(-c4cccc(N)n4)ccc3Cl)n(-c3ccccc3)n2)cn1. The molecule has 0 fully saturated rings. The monoisotopic (exact) mass is 512 g/mol. The van der Waals surface area contributed by atoms with Crippen molar-refractivity contribution < 1.29 is 9.59 Å². The Morgan fingerprint density at radius 1 is 0.946 bits per heavy atom. The molecule has 0 aliphatic rings. The summed E-state index contributed by atoms with van der Waals surface area (Å²) in [4.78, 5) is 30.5. The zero-order chi connectivity index (χ0) is 25.9. The van der Waals surface area contributed by atoms with Crippen molar-refractivity contribution in [3.63, 3.8) is 0 Å². The fourth-order valence-electron chi connectivity index (χ4n) is 3.68.